The maximum atomic E-state index is 11.2. The average molecular weight is 182 g/mol. The molecule has 5 heteroatoms. The Balaban J connectivity index is 2.34. The number of β-lactam (4-membered cyclic amide) rings is 1. The minimum Gasteiger partial charge on any atom is -0.477 e. The number of carboxylic acids is 1. The van der Waals surface area contributed by atoms with Gasteiger partial charge in [0.15, 0.2) is 0 Å². The normalized spacial score (nSPS) is 31.8. The molecule has 2 rings (SSSR count). The van der Waals surface area contributed by atoms with Crippen LogP contribution in [-0.4, -0.2) is 34.0 Å². The molecule has 2 aliphatic rings. The fraction of sp³-hybridized carbons (Fsp3) is 0.500. The van der Waals surface area contributed by atoms with Crippen LogP contribution >= 0.6 is 0 Å². The molecular weight excluding hydrogens is 172 g/mol. The number of carboxylic acid groups (broad SMARTS) is 1. The summed E-state index contributed by atoms with van der Waals surface area (Å²) in [5.41, 5.74) is 6.38. The molecule has 0 saturated carbocycles. The van der Waals surface area contributed by atoms with Gasteiger partial charge in [0.2, 0.25) is 5.91 Å². The molecule has 70 valence electrons. The van der Waals surface area contributed by atoms with Crippen LogP contribution in [0.1, 0.15) is 13.3 Å². The lowest BCUT2D eigenvalue weighted by Crippen LogP contribution is -2.66. The Hall–Kier alpha value is -1.36. The zero-order chi connectivity index (χ0) is 9.75. The monoisotopic (exact) mass is 182 g/mol. The molecule has 2 unspecified atom stereocenters. The second kappa shape index (κ2) is 2.32. The molecule has 2 atom stereocenters. The van der Waals surface area contributed by atoms with Crippen LogP contribution in [0.5, 0.6) is 0 Å². The van der Waals surface area contributed by atoms with Gasteiger partial charge in [0.1, 0.15) is 11.7 Å². The van der Waals surface area contributed by atoms with Crippen molar-refractivity contribution in [3.63, 3.8) is 0 Å². The largest absolute Gasteiger partial charge is 0.477 e. The maximum Gasteiger partial charge on any atom is 0.352 e. The molecular formula is C8H10N2O3. The Bertz CT molecular complexity index is 334. The maximum absolute atomic E-state index is 11.2. The first-order valence-electron chi connectivity index (χ1n) is 4.05. The van der Waals surface area contributed by atoms with Gasteiger partial charge >= 0.3 is 5.97 Å². The highest BCUT2D eigenvalue weighted by molar-refractivity contribution is 6.00. The molecule has 0 aromatic carbocycles. The number of nitrogens with two attached hydrogens (primary N) is 1. The highest BCUT2D eigenvalue weighted by atomic mass is 16.4. The predicted octanol–water partition coefficient (Wildman–Crippen LogP) is -0.713. The average Bonchev–Trinajstić information content (AvgIpc) is 2.39. The third-order valence-electron chi connectivity index (χ3n) is 2.63. The van der Waals surface area contributed by atoms with Crippen LogP contribution in [-0.2, 0) is 9.59 Å². The number of nitrogens with zero attached hydrogens (tertiary/aromatic N) is 1. The lowest BCUT2D eigenvalue weighted by atomic mass is 9.95. The first kappa shape index (κ1) is 8.25. The van der Waals surface area contributed by atoms with Crippen molar-refractivity contribution in [2.45, 2.75) is 25.4 Å². The zero-order valence-corrected chi connectivity index (χ0v) is 7.15. The molecule has 5 nitrogen and oxygen atoms in total. The summed E-state index contributed by atoms with van der Waals surface area (Å²) >= 11 is 0. The fourth-order valence-electron chi connectivity index (χ4n) is 1.96. The Morgan fingerprint density at radius 2 is 2.31 bits per heavy atom. The van der Waals surface area contributed by atoms with Gasteiger partial charge in [-0.1, -0.05) is 0 Å². The number of carbonyl (C=O) groups is 2. The van der Waals surface area contributed by atoms with E-state index in [1.54, 1.807) is 6.92 Å². The molecule has 0 spiro atoms. The highest BCUT2D eigenvalue weighted by Crippen LogP contribution is 2.37. The van der Waals surface area contributed by atoms with E-state index in [2.05, 4.69) is 0 Å². The number of hydrogen-bond acceptors (Lipinski definition) is 3. The van der Waals surface area contributed by atoms with Gasteiger partial charge in [-0.2, -0.15) is 0 Å². The molecule has 13 heavy (non-hydrogen) atoms. The lowest BCUT2D eigenvalue weighted by Gasteiger charge is -2.40. The van der Waals surface area contributed by atoms with Crippen LogP contribution in [0.15, 0.2) is 11.3 Å². The molecule has 2 heterocycles. The topological polar surface area (TPSA) is 83.6 Å². The van der Waals surface area contributed by atoms with Gasteiger partial charge in [0, 0.05) is 0 Å². The minimum absolute atomic E-state index is 0.112. The molecule has 0 aromatic rings. The lowest BCUT2D eigenvalue weighted by molar-refractivity contribution is -0.149. The third-order valence-corrected chi connectivity index (χ3v) is 2.63. The standard InChI is InChI=1S/C8H10N2O3/c1-3-2-4-5(9)7(11)10(4)6(3)8(12)13/h4-5H,2,9H2,1H3,(H,12,13). The van der Waals surface area contributed by atoms with Crippen molar-refractivity contribution in [1.82, 2.24) is 4.90 Å². The molecule has 3 N–H and O–H groups in total. The number of aliphatic carboxylic acids is 1. The van der Waals surface area contributed by atoms with Crippen molar-refractivity contribution in [3.8, 4) is 0 Å². The Morgan fingerprint density at radius 1 is 1.69 bits per heavy atom. The van der Waals surface area contributed by atoms with Crippen LogP contribution in [0.25, 0.3) is 0 Å². The van der Waals surface area contributed by atoms with E-state index in [0.29, 0.717) is 6.42 Å². The van der Waals surface area contributed by atoms with E-state index < -0.39 is 12.0 Å². The summed E-state index contributed by atoms with van der Waals surface area (Å²) < 4.78 is 0. The summed E-state index contributed by atoms with van der Waals surface area (Å²) in [5.74, 6) is -1.32. The van der Waals surface area contributed by atoms with Crippen LogP contribution < -0.4 is 5.73 Å². The van der Waals surface area contributed by atoms with Crippen LogP contribution in [0.2, 0.25) is 0 Å². The molecule has 0 aliphatic carbocycles. The van der Waals surface area contributed by atoms with Gasteiger partial charge in [0.05, 0.1) is 6.04 Å². The van der Waals surface area contributed by atoms with Crippen molar-refractivity contribution in [2.24, 2.45) is 5.73 Å². The SMILES string of the molecule is CC1=C(C(=O)O)N2C(=O)C(N)C2C1. The van der Waals surface area contributed by atoms with E-state index in [1.807, 2.05) is 0 Å². The van der Waals surface area contributed by atoms with Gasteiger partial charge in [-0.25, -0.2) is 4.79 Å². The van der Waals surface area contributed by atoms with Gasteiger partial charge in [-0.3, -0.25) is 9.69 Å². The summed E-state index contributed by atoms with van der Waals surface area (Å²) in [5, 5.41) is 8.82. The molecule has 1 fully saturated rings. The first-order valence-corrected chi connectivity index (χ1v) is 4.05. The third kappa shape index (κ3) is 0.846. The second-order valence-corrected chi connectivity index (χ2v) is 3.44. The van der Waals surface area contributed by atoms with E-state index in [1.165, 1.54) is 4.90 Å². The van der Waals surface area contributed by atoms with Crippen LogP contribution in [0.3, 0.4) is 0 Å². The molecule has 0 radical (unpaired) electrons. The number of fused-ring (bicyclic) bond motifs is 1. The van der Waals surface area contributed by atoms with Crippen molar-refractivity contribution in [2.75, 3.05) is 0 Å². The van der Waals surface area contributed by atoms with E-state index in [0.717, 1.165) is 5.57 Å². The summed E-state index contributed by atoms with van der Waals surface area (Å²) in [6.07, 6.45) is 0.592. The summed E-state index contributed by atoms with van der Waals surface area (Å²) in [7, 11) is 0. The van der Waals surface area contributed by atoms with Crippen LogP contribution in [0.4, 0.5) is 0 Å². The smallest absolute Gasteiger partial charge is 0.352 e. The van der Waals surface area contributed by atoms with E-state index >= 15 is 0 Å². The molecule has 1 amide bonds. The van der Waals surface area contributed by atoms with Gasteiger partial charge in [-0.15, -0.1) is 0 Å². The summed E-state index contributed by atoms with van der Waals surface area (Å²) in [6, 6.07) is -0.620. The minimum atomic E-state index is -1.04. The van der Waals surface area contributed by atoms with E-state index in [4.69, 9.17) is 10.8 Å². The molecule has 0 aromatic heterocycles. The molecule has 0 bridgehead atoms. The Morgan fingerprint density at radius 3 is 2.85 bits per heavy atom. The number of carbonyl (C=O) groups excluding carboxylic acids is 1. The van der Waals surface area contributed by atoms with Gasteiger partial charge in [0.25, 0.3) is 0 Å². The summed E-state index contributed by atoms with van der Waals surface area (Å²) in [6.45, 7) is 1.72. The van der Waals surface area contributed by atoms with E-state index in [9.17, 15) is 9.59 Å². The number of rotatable bonds is 1. The van der Waals surface area contributed by atoms with E-state index in [-0.39, 0.29) is 17.6 Å². The van der Waals surface area contributed by atoms with Crippen molar-refractivity contribution in [3.05, 3.63) is 11.3 Å². The van der Waals surface area contributed by atoms with Crippen molar-refractivity contribution >= 4 is 11.9 Å². The Labute approximate surface area is 74.8 Å². The van der Waals surface area contributed by atoms with Gasteiger partial charge in [-0.05, 0) is 18.9 Å². The quantitative estimate of drug-likeness (QED) is 0.524. The fourth-order valence-corrected chi connectivity index (χ4v) is 1.96. The summed E-state index contributed by atoms with van der Waals surface area (Å²) in [4.78, 5) is 23.3. The zero-order valence-electron chi connectivity index (χ0n) is 7.15. The molecule has 1 saturated heterocycles. The van der Waals surface area contributed by atoms with Crippen molar-refractivity contribution < 1.29 is 14.7 Å². The van der Waals surface area contributed by atoms with Crippen molar-refractivity contribution in [1.29, 1.82) is 0 Å². The molecule has 2 aliphatic heterocycles. The highest BCUT2D eigenvalue weighted by Gasteiger charge is 2.52. The number of hydrogen-bond donors (Lipinski definition) is 2. The Kier molecular flexibility index (Phi) is 1.47. The number of amides is 1. The van der Waals surface area contributed by atoms with Gasteiger partial charge < -0.3 is 10.8 Å². The van der Waals surface area contributed by atoms with Crippen LogP contribution in [0, 0.1) is 0 Å². The first-order chi connectivity index (χ1) is 6.04. The predicted molar refractivity (Wildman–Crippen MR) is 43.6 cm³/mol. The second-order valence-electron chi connectivity index (χ2n) is 3.44.